The maximum absolute atomic E-state index is 5.85. The van der Waals surface area contributed by atoms with Gasteiger partial charge in [-0.15, -0.1) is 5.10 Å². The highest BCUT2D eigenvalue weighted by atomic mass is 79.9. The fourth-order valence-electron chi connectivity index (χ4n) is 2.25. The van der Waals surface area contributed by atoms with Gasteiger partial charge in [-0.2, -0.15) is 4.68 Å². The Morgan fingerprint density at radius 3 is 2.81 bits per heavy atom. The maximum Gasteiger partial charge on any atom is 0.187 e. The van der Waals surface area contributed by atoms with Crippen molar-refractivity contribution in [3.63, 3.8) is 0 Å². The summed E-state index contributed by atoms with van der Waals surface area (Å²) in [6, 6.07) is 13.6. The molecule has 106 valence electrons. The molecular formula is C15H14BrN5. The zero-order valence-electron chi connectivity index (χ0n) is 11.5. The van der Waals surface area contributed by atoms with Crippen LogP contribution in [0.15, 0.2) is 46.9 Å². The molecule has 0 aliphatic carbocycles. The van der Waals surface area contributed by atoms with Crippen LogP contribution >= 0.6 is 15.9 Å². The Bertz CT molecular complexity index is 781. The van der Waals surface area contributed by atoms with Gasteiger partial charge in [0, 0.05) is 15.7 Å². The molecule has 0 bridgehead atoms. The van der Waals surface area contributed by atoms with E-state index in [-0.39, 0.29) is 0 Å². The molecule has 0 amide bonds. The smallest absolute Gasteiger partial charge is 0.187 e. The van der Waals surface area contributed by atoms with E-state index in [2.05, 4.69) is 44.4 Å². The van der Waals surface area contributed by atoms with Gasteiger partial charge in [0.25, 0.3) is 0 Å². The zero-order chi connectivity index (χ0) is 14.8. The first kappa shape index (κ1) is 13.8. The summed E-state index contributed by atoms with van der Waals surface area (Å²) in [7, 11) is 0. The molecule has 0 unspecified atom stereocenters. The van der Waals surface area contributed by atoms with Gasteiger partial charge in [0.15, 0.2) is 5.82 Å². The number of aryl methyl sites for hydroxylation is 1. The van der Waals surface area contributed by atoms with Crippen molar-refractivity contribution in [3.8, 4) is 17.1 Å². The highest BCUT2D eigenvalue weighted by Crippen LogP contribution is 2.25. The largest absolute Gasteiger partial charge is 0.399 e. The van der Waals surface area contributed by atoms with E-state index in [9.17, 15) is 0 Å². The Labute approximate surface area is 130 Å². The molecule has 0 aliphatic rings. The van der Waals surface area contributed by atoms with Crippen LogP contribution in [0.2, 0.25) is 0 Å². The van der Waals surface area contributed by atoms with Crippen LogP contribution in [0.1, 0.15) is 12.5 Å². The monoisotopic (exact) mass is 343 g/mol. The molecule has 3 aromatic rings. The van der Waals surface area contributed by atoms with E-state index in [4.69, 9.17) is 5.73 Å². The minimum absolute atomic E-state index is 0.680. The van der Waals surface area contributed by atoms with Crippen molar-refractivity contribution in [3.05, 3.63) is 52.5 Å². The first-order valence-corrected chi connectivity index (χ1v) is 7.41. The number of nitrogen functional groups attached to an aromatic ring is 1. The lowest BCUT2D eigenvalue weighted by Gasteiger charge is -2.10. The molecule has 0 saturated heterocycles. The number of aromatic nitrogens is 4. The topological polar surface area (TPSA) is 69.6 Å². The quantitative estimate of drug-likeness (QED) is 0.741. The molecule has 2 aromatic carbocycles. The Kier molecular flexibility index (Phi) is 3.70. The van der Waals surface area contributed by atoms with Gasteiger partial charge in [-0.05, 0) is 52.7 Å². The van der Waals surface area contributed by atoms with E-state index in [0.717, 1.165) is 22.1 Å². The van der Waals surface area contributed by atoms with Crippen LogP contribution in [0.4, 0.5) is 5.69 Å². The number of anilines is 1. The summed E-state index contributed by atoms with van der Waals surface area (Å²) in [5.41, 5.74) is 9.57. The zero-order valence-corrected chi connectivity index (χ0v) is 13.1. The molecule has 0 fully saturated rings. The Morgan fingerprint density at radius 1 is 1.19 bits per heavy atom. The van der Waals surface area contributed by atoms with Gasteiger partial charge in [-0.1, -0.05) is 35.0 Å². The first-order chi connectivity index (χ1) is 10.2. The molecule has 5 nitrogen and oxygen atoms in total. The van der Waals surface area contributed by atoms with Crippen LogP contribution in [0.25, 0.3) is 17.1 Å². The molecular weight excluding hydrogens is 330 g/mol. The standard InChI is InChI=1S/C15H14BrN5/c1-2-10-8-12(16)6-7-14(10)21-15(18-19-20-21)11-4-3-5-13(17)9-11/h3-9H,2,17H2,1H3. The lowest BCUT2D eigenvalue weighted by molar-refractivity contribution is 0.783. The van der Waals surface area contributed by atoms with Crippen LogP contribution < -0.4 is 5.73 Å². The summed E-state index contributed by atoms with van der Waals surface area (Å²) >= 11 is 3.50. The fraction of sp³-hybridized carbons (Fsp3) is 0.133. The number of hydrogen-bond donors (Lipinski definition) is 1. The van der Waals surface area contributed by atoms with Crippen LogP contribution in [0.5, 0.6) is 0 Å². The lowest BCUT2D eigenvalue weighted by Crippen LogP contribution is -2.03. The van der Waals surface area contributed by atoms with Crippen molar-refractivity contribution < 1.29 is 0 Å². The summed E-state index contributed by atoms with van der Waals surface area (Å²) in [6.45, 7) is 2.11. The third-order valence-corrected chi connectivity index (χ3v) is 3.76. The van der Waals surface area contributed by atoms with Crippen molar-refractivity contribution in [2.75, 3.05) is 5.73 Å². The Balaban J connectivity index is 2.16. The molecule has 21 heavy (non-hydrogen) atoms. The molecule has 0 saturated carbocycles. The highest BCUT2D eigenvalue weighted by molar-refractivity contribution is 9.10. The third kappa shape index (κ3) is 2.67. The van der Waals surface area contributed by atoms with Gasteiger partial charge in [-0.25, -0.2) is 0 Å². The molecule has 2 N–H and O–H groups in total. The predicted molar refractivity (Wildman–Crippen MR) is 86.1 cm³/mol. The molecule has 0 aliphatic heterocycles. The number of nitrogens with zero attached hydrogens (tertiary/aromatic N) is 4. The SMILES string of the molecule is CCc1cc(Br)ccc1-n1nnnc1-c1cccc(N)c1. The van der Waals surface area contributed by atoms with Gasteiger partial charge in [0.2, 0.25) is 0 Å². The van der Waals surface area contributed by atoms with Gasteiger partial charge in [-0.3, -0.25) is 0 Å². The summed E-state index contributed by atoms with van der Waals surface area (Å²) in [4.78, 5) is 0. The molecule has 1 heterocycles. The van der Waals surface area contributed by atoms with Crippen LogP contribution in [-0.2, 0) is 6.42 Å². The van der Waals surface area contributed by atoms with Crippen LogP contribution in [0.3, 0.4) is 0 Å². The van der Waals surface area contributed by atoms with Gasteiger partial charge < -0.3 is 5.73 Å². The van der Waals surface area contributed by atoms with E-state index < -0.39 is 0 Å². The second kappa shape index (κ2) is 5.65. The molecule has 0 radical (unpaired) electrons. The predicted octanol–water partition coefficient (Wildman–Crippen LogP) is 3.24. The fourth-order valence-corrected chi connectivity index (χ4v) is 2.66. The van der Waals surface area contributed by atoms with Crippen molar-refractivity contribution in [2.45, 2.75) is 13.3 Å². The molecule has 3 rings (SSSR count). The van der Waals surface area contributed by atoms with Crippen molar-refractivity contribution in [1.82, 2.24) is 20.2 Å². The second-order valence-electron chi connectivity index (χ2n) is 4.67. The average Bonchev–Trinajstić information content (AvgIpc) is 2.96. The summed E-state index contributed by atoms with van der Waals surface area (Å²) < 4.78 is 2.79. The van der Waals surface area contributed by atoms with E-state index in [1.54, 1.807) is 4.68 Å². The molecule has 0 atom stereocenters. The summed E-state index contributed by atoms with van der Waals surface area (Å²) in [5, 5.41) is 12.1. The van der Waals surface area contributed by atoms with Gasteiger partial charge >= 0.3 is 0 Å². The van der Waals surface area contributed by atoms with E-state index in [0.29, 0.717) is 11.5 Å². The van der Waals surface area contributed by atoms with Gasteiger partial charge in [0.05, 0.1) is 5.69 Å². The maximum atomic E-state index is 5.85. The number of hydrogen-bond acceptors (Lipinski definition) is 4. The van der Waals surface area contributed by atoms with Crippen molar-refractivity contribution >= 4 is 21.6 Å². The minimum atomic E-state index is 0.680. The van der Waals surface area contributed by atoms with Crippen LogP contribution in [0, 0.1) is 0 Å². The normalized spacial score (nSPS) is 10.8. The van der Waals surface area contributed by atoms with E-state index in [1.165, 1.54) is 5.56 Å². The van der Waals surface area contributed by atoms with Gasteiger partial charge in [0.1, 0.15) is 0 Å². The highest BCUT2D eigenvalue weighted by Gasteiger charge is 2.13. The Hall–Kier alpha value is -2.21. The average molecular weight is 344 g/mol. The number of rotatable bonds is 3. The molecule has 0 spiro atoms. The number of benzene rings is 2. The summed E-state index contributed by atoms with van der Waals surface area (Å²) in [6.07, 6.45) is 0.894. The number of tetrazole rings is 1. The van der Waals surface area contributed by atoms with Crippen molar-refractivity contribution in [2.24, 2.45) is 0 Å². The first-order valence-electron chi connectivity index (χ1n) is 6.62. The molecule has 6 heteroatoms. The van der Waals surface area contributed by atoms with E-state index in [1.807, 2.05) is 36.4 Å². The van der Waals surface area contributed by atoms with Crippen LogP contribution in [-0.4, -0.2) is 20.2 Å². The third-order valence-electron chi connectivity index (χ3n) is 3.26. The molecule has 1 aromatic heterocycles. The van der Waals surface area contributed by atoms with E-state index >= 15 is 0 Å². The number of nitrogens with two attached hydrogens (primary N) is 1. The number of halogens is 1. The lowest BCUT2D eigenvalue weighted by atomic mass is 10.1. The minimum Gasteiger partial charge on any atom is -0.399 e. The van der Waals surface area contributed by atoms with Crippen molar-refractivity contribution in [1.29, 1.82) is 0 Å². The summed E-state index contributed by atoms with van der Waals surface area (Å²) in [5.74, 6) is 0.680. The second-order valence-corrected chi connectivity index (χ2v) is 5.58. The Morgan fingerprint density at radius 2 is 2.05 bits per heavy atom.